The van der Waals surface area contributed by atoms with Gasteiger partial charge in [0.15, 0.2) is 11.5 Å². The number of ether oxygens (including phenoxy) is 2. The second-order valence-electron chi connectivity index (χ2n) is 3.68. The van der Waals surface area contributed by atoms with Gasteiger partial charge in [0.25, 0.3) is 0 Å². The highest BCUT2D eigenvalue weighted by molar-refractivity contribution is 7.99. The fourth-order valence-electron chi connectivity index (χ4n) is 1.72. The lowest BCUT2D eigenvalue weighted by Gasteiger charge is -2.23. The third kappa shape index (κ3) is 2.66. The first-order chi connectivity index (χ1) is 8.24. The number of carbonyl (C=O) groups excluding carboxylic acids is 1. The Labute approximate surface area is 105 Å². The number of hydrogen-bond acceptors (Lipinski definition) is 4. The monoisotopic (exact) mass is 253 g/mol. The highest BCUT2D eigenvalue weighted by Gasteiger charge is 2.21. The van der Waals surface area contributed by atoms with Crippen LogP contribution in [0.1, 0.15) is 17.4 Å². The summed E-state index contributed by atoms with van der Waals surface area (Å²) in [5, 5.41) is 2.96. The van der Waals surface area contributed by atoms with Crippen molar-refractivity contribution in [1.29, 1.82) is 0 Å². The lowest BCUT2D eigenvalue weighted by molar-refractivity contribution is -0.121. The number of hydrogen-bond donors (Lipinski definition) is 1. The maximum atomic E-state index is 11.3. The molecule has 17 heavy (non-hydrogen) atoms. The summed E-state index contributed by atoms with van der Waals surface area (Å²) < 4.78 is 10.4. The van der Waals surface area contributed by atoms with Crippen LogP contribution in [0.25, 0.3) is 0 Å². The lowest BCUT2D eigenvalue weighted by atomic mass is 10.2. The minimum Gasteiger partial charge on any atom is -0.493 e. The van der Waals surface area contributed by atoms with Crippen LogP contribution < -0.4 is 14.8 Å². The molecule has 1 aromatic rings. The number of amides is 1. The maximum Gasteiger partial charge on any atom is 0.221 e. The maximum absolute atomic E-state index is 11.3. The summed E-state index contributed by atoms with van der Waals surface area (Å²) in [7, 11) is 3.21. The first-order valence-electron chi connectivity index (χ1n) is 5.37. The van der Waals surface area contributed by atoms with Crippen molar-refractivity contribution in [3.63, 3.8) is 0 Å². The third-order valence-corrected chi connectivity index (χ3v) is 3.78. The van der Waals surface area contributed by atoms with Gasteiger partial charge in [0, 0.05) is 12.2 Å². The van der Waals surface area contributed by atoms with E-state index in [1.54, 1.807) is 26.0 Å². The molecular weight excluding hydrogens is 238 g/mol. The van der Waals surface area contributed by atoms with Gasteiger partial charge in [-0.1, -0.05) is 6.07 Å². The molecule has 0 aromatic heterocycles. The van der Waals surface area contributed by atoms with E-state index in [9.17, 15) is 4.79 Å². The predicted octanol–water partition coefficient (Wildman–Crippen LogP) is 1.96. The highest BCUT2D eigenvalue weighted by atomic mass is 32.2. The molecule has 5 heteroatoms. The van der Waals surface area contributed by atoms with E-state index in [2.05, 4.69) is 5.32 Å². The van der Waals surface area contributed by atoms with Crippen molar-refractivity contribution in [2.24, 2.45) is 0 Å². The zero-order valence-corrected chi connectivity index (χ0v) is 10.7. The van der Waals surface area contributed by atoms with Crippen LogP contribution in [0, 0.1) is 0 Å². The fourth-order valence-corrected chi connectivity index (χ4v) is 2.82. The van der Waals surface area contributed by atoms with Crippen molar-refractivity contribution < 1.29 is 14.3 Å². The van der Waals surface area contributed by atoms with Gasteiger partial charge in [-0.2, -0.15) is 0 Å². The molecule has 1 atom stereocenters. The molecule has 1 aliphatic heterocycles. The van der Waals surface area contributed by atoms with E-state index in [1.165, 1.54) is 0 Å². The van der Waals surface area contributed by atoms with Gasteiger partial charge < -0.3 is 14.8 Å². The smallest absolute Gasteiger partial charge is 0.221 e. The Morgan fingerprint density at radius 3 is 2.71 bits per heavy atom. The van der Waals surface area contributed by atoms with Crippen LogP contribution in [-0.2, 0) is 4.79 Å². The molecule has 2 rings (SSSR count). The minimum atomic E-state index is 0.0102. The average Bonchev–Trinajstić information content (AvgIpc) is 2.38. The van der Waals surface area contributed by atoms with E-state index in [1.807, 2.05) is 18.2 Å². The molecular formula is C12H15NO3S. The molecule has 0 aliphatic carbocycles. The third-order valence-electron chi connectivity index (χ3n) is 2.62. The largest absolute Gasteiger partial charge is 0.493 e. The minimum absolute atomic E-state index is 0.0102. The van der Waals surface area contributed by atoms with E-state index in [0.717, 1.165) is 11.3 Å². The predicted molar refractivity (Wildman–Crippen MR) is 67.5 cm³/mol. The normalized spacial score (nSPS) is 19.6. The SMILES string of the molecule is COc1ccc(C2NC(=O)CCS2)cc1OC. The molecule has 0 spiro atoms. The van der Waals surface area contributed by atoms with Crippen LogP contribution in [0.2, 0.25) is 0 Å². The Morgan fingerprint density at radius 1 is 1.29 bits per heavy atom. The topological polar surface area (TPSA) is 47.6 Å². The van der Waals surface area contributed by atoms with Crippen LogP contribution >= 0.6 is 11.8 Å². The van der Waals surface area contributed by atoms with Gasteiger partial charge >= 0.3 is 0 Å². The van der Waals surface area contributed by atoms with Crippen LogP contribution in [0.3, 0.4) is 0 Å². The van der Waals surface area contributed by atoms with Crippen LogP contribution in [0.15, 0.2) is 18.2 Å². The van der Waals surface area contributed by atoms with Gasteiger partial charge in [0.05, 0.1) is 14.2 Å². The molecule has 1 aliphatic rings. The van der Waals surface area contributed by atoms with Crippen LogP contribution in [0.5, 0.6) is 11.5 Å². The van der Waals surface area contributed by atoms with Crippen molar-refractivity contribution in [3.8, 4) is 11.5 Å². The van der Waals surface area contributed by atoms with Gasteiger partial charge in [0.2, 0.25) is 5.91 Å². The number of carbonyl (C=O) groups is 1. The summed E-state index contributed by atoms with van der Waals surface area (Å²) in [5.41, 5.74) is 1.03. The first-order valence-corrected chi connectivity index (χ1v) is 6.42. The summed E-state index contributed by atoms with van der Waals surface area (Å²) in [5.74, 6) is 2.34. The van der Waals surface area contributed by atoms with E-state index in [4.69, 9.17) is 9.47 Å². The Hall–Kier alpha value is -1.36. The number of thioether (sulfide) groups is 1. The van der Waals surface area contributed by atoms with Crippen molar-refractivity contribution in [2.45, 2.75) is 11.8 Å². The molecule has 0 bridgehead atoms. The van der Waals surface area contributed by atoms with E-state index in [-0.39, 0.29) is 11.3 Å². The standard InChI is InChI=1S/C12H15NO3S/c1-15-9-4-3-8(7-10(9)16-2)12-13-11(14)5-6-17-12/h3-4,7,12H,5-6H2,1-2H3,(H,13,14). The van der Waals surface area contributed by atoms with E-state index >= 15 is 0 Å². The second-order valence-corrected chi connectivity index (χ2v) is 4.90. The Balaban J connectivity index is 2.23. The van der Waals surface area contributed by atoms with Crippen molar-refractivity contribution in [2.75, 3.05) is 20.0 Å². The molecule has 1 amide bonds. The molecule has 1 saturated heterocycles. The summed E-state index contributed by atoms with van der Waals surface area (Å²) in [6.45, 7) is 0. The molecule has 92 valence electrons. The number of methoxy groups -OCH3 is 2. The van der Waals surface area contributed by atoms with Gasteiger partial charge in [0.1, 0.15) is 5.37 Å². The summed E-state index contributed by atoms with van der Waals surface area (Å²) in [6.07, 6.45) is 0.592. The van der Waals surface area contributed by atoms with Crippen molar-refractivity contribution in [1.82, 2.24) is 5.32 Å². The second kappa shape index (κ2) is 5.31. The fraction of sp³-hybridized carbons (Fsp3) is 0.417. The van der Waals surface area contributed by atoms with Gasteiger partial charge in [-0.3, -0.25) is 4.79 Å². The zero-order chi connectivity index (χ0) is 12.3. The summed E-state index contributed by atoms with van der Waals surface area (Å²) in [4.78, 5) is 11.3. The molecule has 0 radical (unpaired) electrons. The molecule has 1 aromatic carbocycles. The lowest BCUT2D eigenvalue weighted by Crippen LogP contribution is -2.31. The van der Waals surface area contributed by atoms with Crippen molar-refractivity contribution in [3.05, 3.63) is 23.8 Å². The number of nitrogens with one attached hydrogen (secondary N) is 1. The van der Waals surface area contributed by atoms with Gasteiger partial charge in [-0.05, 0) is 17.7 Å². The highest BCUT2D eigenvalue weighted by Crippen LogP contribution is 2.35. The quantitative estimate of drug-likeness (QED) is 0.894. The Kier molecular flexibility index (Phi) is 3.78. The zero-order valence-electron chi connectivity index (χ0n) is 9.86. The van der Waals surface area contributed by atoms with Gasteiger partial charge in [-0.15, -0.1) is 11.8 Å². The van der Waals surface area contributed by atoms with Crippen LogP contribution in [-0.4, -0.2) is 25.9 Å². The summed E-state index contributed by atoms with van der Waals surface area (Å²) in [6, 6.07) is 5.71. The van der Waals surface area contributed by atoms with Crippen molar-refractivity contribution >= 4 is 17.7 Å². The van der Waals surface area contributed by atoms with Gasteiger partial charge in [-0.25, -0.2) is 0 Å². The molecule has 4 nitrogen and oxygen atoms in total. The average molecular weight is 253 g/mol. The Bertz CT molecular complexity index is 422. The first kappa shape index (κ1) is 12.1. The molecule has 1 fully saturated rings. The molecule has 1 heterocycles. The number of benzene rings is 1. The molecule has 0 saturated carbocycles. The molecule has 1 N–H and O–H groups in total. The van der Waals surface area contributed by atoms with E-state index < -0.39 is 0 Å². The number of rotatable bonds is 3. The van der Waals surface area contributed by atoms with Crippen LogP contribution in [0.4, 0.5) is 0 Å². The molecule has 1 unspecified atom stereocenters. The van der Waals surface area contributed by atoms with E-state index in [0.29, 0.717) is 17.9 Å². The Morgan fingerprint density at radius 2 is 2.06 bits per heavy atom. The summed E-state index contributed by atoms with van der Waals surface area (Å²) >= 11 is 1.72.